The Hall–Kier alpha value is -3.63. The van der Waals surface area contributed by atoms with Gasteiger partial charge < -0.3 is 31.1 Å². The van der Waals surface area contributed by atoms with E-state index in [-0.39, 0.29) is 29.7 Å². The highest BCUT2D eigenvalue weighted by atomic mass is 16.3. The number of Topliss-reactive ketones (excluding diaryl/α,β-unsaturated/α-hetero) is 2. The second-order valence-electron chi connectivity index (χ2n) is 9.75. The van der Waals surface area contributed by atoms with Crippen LogP contribution in [-0.4, -0.2) is 82.6 Å². The third-order valence-electron chi connectivity index (χ3n) is 7.43. The maximum absolute atomic E-state index is 13.8. The van der Waals surface area contributed by atoms with Crippen LogP contribution in [-0.2, 0) is 20.8 Å². The summed E-state index contributed by atoms with van der Waals surface area (Å²) in [6.45, 7) is 3.69. The SMILES string of the molecule is C=Cc1cc(N(C)C)c2c(c1O)C(O)=C1C(=O)[C@]3(O)C(O)=C(C(N)=O)C(=O)[C@@H](N(C)C)[C@@H]3C[C@@H]1C2. The molecule has 4 rings (SSSR count). The standard InChI is InChI=1S/C25H29N3O7/c1-6-10-9-14(27(2)3)12-7-11-8-13-18(28(4)5)21(31)17(24(26)34)23(33)25(13,35)22(32)15(11)20(30)16(12)19(10)29/h6,9,11,13,18,29-30,33,35H,1,7-8H2,2-5H3,(H2,26,34)/t11-,13-,18-,25-/m0/s1. The number of nitrogens with zero attached hydrogens (tertiary/aromatic N) is 2. The van der Waals surface area contributed by atoms with Crippen LogP contribution in [0.15, 0.2) is 29.6 Å². The van der Waals surface area contributed by atoms with Crippen molar-refractivity contribution in [3.05, 3.63) is 46.2 Å². The zero-order chi connectivity index (χ0) is 26.1. The van der Waals surface area contributed by atoms with Gasteiger partial charge >= 0.3 is 0 Å². The fourth-order valence-corrected chi connectivity index (χ4v) is 5.87. The molecule has 3 aliphatic rings. The van der Waals surface area contributed by atoms with Crippen LogP contribution in [0.5, 0.6) is 5.75 Å². The summed E-state index contributed by atoms with van der Waals surface area (Å²) in [5.41, 5.74) is 3.35. The topological polar surface area (TPSA) is 165 Å². The lowest BCUT2D eigenvalue weighted by atomic mass is 9.57. The Bertz CT molecular complexity index is 1260. The van der Waals surface area contributed by atoms with Gasteiger partial charge in [-0.05, 0) is 44.5 Å². The van der Waals surface area contributed by atoms with Gasteiger partial charge in [0.1, 0.15) is 22.8 Å². The molecular formula is C25H29N3O7. The number of aliphatic hydroxyl groups is 3. The maximum Gasteiger partial charge on any atom is 0.255 e. The molecule has 0 bridgehead atoms. The molecule has 4 atom stereocenters. The third kappa shape index (κ3) is 3.13. The van der Waals surface area contributed by atoms with E-state index in [2.05, 4.69) is 6.58 Å². The Balaban J connectivity index is 2.02. The molecule has 0 heterocycles. The van der Waals surface area contributed by atoms with Crippen molar-refractivity contribution in [2.75, 3.05) is 33.1 Å². The number of fused-ring (bicyclic) bond motifs is 3. The number of hydrogen-bond acceptors (Lipinski definition) is 9. The molecule has 10 heteroatoms. The summed E-state index contributed by atoms with van der Waals surface area (Å²) in [4.78, 5) is 42.2. The number of ketones is 2. The molecule has 1 amide bonds. The first-order chi connectivity index (χ1) is 16.3. The lowest BCUT2D eigenvalue weighted by molar-refractivity contribution is -0.153. The van der Waals surface area contributed by atoms with Gasteiger partial charge in [-0.2, -0.15) is 0 Å². The van der Waals surface area contributed by atoms with Crippen LogP contribution >= 0.6 is 0 Å². The van der Waals surface area contributed by atoms with E-state index in [1.165, 1.54) is 11.0 Å². The first kappa shape index (κ1) is 24.5. The average molecular weight is 484 g/mol. The van der Waals surface area contributed by atoms with Gasteiger partial charge in [-0.25, -0.2) is 0 Å². The minimum Gasteiger partial charge on any atom is -0.508 e. The number of rotatable bonds is 4. The second kappa shape index (κ2) is 7.96. The molecule has 3 aliphatic carbocycles. The van der Waals surface area contributed by atoms with E-state index >= 15 is 0 Å². The van der Waals surface area contributed by atoms with Gasteiger partial charge in [-0.15, -0.1) is 0 Å². The molecule has 186 valence electrons. The summed E-state index contributed by atoms with van der Waals surface area (Å²) in [5, 5.41) is 44.6. The molecule has 10 nitrogen and oxygen atoms in total. The van der Waals surface area contributed by atoms with Crippen LogP contribution in [0.4, 0.5) is 5.69 Å². The first-order valence-corrected chi connectivity index (χ1v) is 11.1. The fourth-order valence-electron chi connectivity index (χ4n) is 5.87. The second-order valence-corrected chi connectivity index (χ2v) is 9.75. The van der Waals surface area contributed by atoms with Gasteiger partial charge in [0.2, 0.25) is 5.78 Å². The number of likely N-dealkylation sites (N-methyl/N-ethyl adjacent to an activating group) is 1. The van der Waals surface area contributed by atoms with Crippen LogP contribution in [0.2, 0.25) is 0 Å². The molecule has 0 aromatic heterocycles. The number of carbonyl (C=O) groups is 3. The number of amides is 1. The number of hydrogen-bond donors (Lipinski definition) is 5. The zero-order valence-corrected chi connectivity index (χ0v) is 20.0. The lowest BCUT2D eigenvalue weighted by Gasteiger charge is -2.50. The van der Waals surface area contributed by atoms with Crippen LogP contribution in [0.1, 0.15) is 23.1 Å². The highest BCUT2D eigenvalue weighted by Gasteiger charge is 2.64. The molecule has 0 unspecified atom stereocenters. The Morgan fingerprint density at radius 3 is 2.34 bits per heavy atom. The molecule has 0 aliphatic heterocycles. The molecule has 1 aromatic carbocycles. The quantitative estimate of drug-likeness (QED) is 0.387. The van der Waals surface area contributed by atoms with Crippen LogP contribution in [0, 0.1) is 11.8 Å². The lowest BCUT2D eigenvalue weighted by Crippen LogP contribution is -2.65. The number of primary amides is 1. The molecule has 6 N–H and O–H groups in total. The highest BCUT2D eigenvalue weighted by Crippen LogP contribution is 2.54. The van der Waals surface area contributed by atoms with E-state index in [9.17, 15) is 34.8 Å². The zero-order valence-electron chi connectivity index (χ0n) is 20.0. The van der Waals surface area contributed by atoms with E-state index < -0.39 is 58.0 Å². The van der Waals surface area contributed by atoms with E-state index in [0.717, 1.165) is 0 Å². The van der Waals surface area contributed by atoms with E-state index in [1.54, 1.807) is 34.3 Å². The number of anilines is 1. The van der Waals surface area contributed by atoms with Crippen molar-refractivity contribution in [1.29, 1.82) is 0 Å². The summed E-state index contributed by atoms with van der Waals surface area (Å²) >= 11 is 0. The average Bonchev–Trinajstić information content (AvgIpc) is 2.75. The van der Waals surface area contributed by atoms with Crippen molar-refractivity contribution in [3.63, 3.8) is 0 Å². The van der Waals surface area contributed by atoms with Crippen LogP contribution < -0.4 is 10.6 Å². The molecule has 1 saturated carbocycles. The molecule has 1 fully saturated rings. The van der Waals surface area contributed by atoms with Gasteiger partial charge in [0.15, 0.2) is 11.4 Å². The highest BCUT2D eigenvalue weighted by molar-refractivity contribution is 6.24. The molecule has 1 aromatic rings. The minimum atomic E-state index is -2.65. The van der Waals surface area contributed by atoms with Crippen molar-refractivity contribution < 1.29 is 34.8 Å². The first-order valence-electron chi connectivity index (χ1n) is 11.1. The van der Waals surface area contributed by atoms with Gasteiger partial charge in [0.25, 0.3) is 5.91 Å². The number of carbonyl (C=O) groups excluding carboxylic acids is 3. The Morgan fingerprint density at radius 2 is 1.83 bits per heavy atom. The van der Waals surface area contributed by atoms with Crippen LogP contribution in [0.25, 0.3) is 11.8 Å². The third-order valence-corrected chi connectivity index (χ3v) is 7.43. The maximum atomic E-state index is 13.8. The largest absolute Gasteiger partial charge is 0.508 e. The smallest absolute Gasteiger partial charge is 0.255 e. The van der Waals surface area contributed by atoms with Crippen molar-refractivity contribution in [1.82, 2.24) is 4.90 Å². The molecule has 0 radical (unpaired) electrons. The summed E-state index contributed by atoms with van der Waals surface area (Å²) < 4.78 is 0. The van der Waals surface area contributed by atoms with E-state index in [0.29, 0.717) is 16.8 Å². The van der Waals surface area contributed by atoms with Crippen molar-refractivity contribution in [3.8, 4) is 5.75 Å². The van der Waals surface area contributed by atoms with Crippen molar-refractivity contribution in [2.24, 2.45) is 17.6 Å². The summed E-state index contributed by atoms with van der Waals surface area (Å²) in [6.07, 6.45) is 1.69. The number of aromatic hydroxyl groups is 1. The van der Waals surface area contributed by atoms with E-state index in [1.807, 2.05) is 4.90 Å². The number of phenols is 1. The van der Waals surface area contributed by atoms with Gasteiger partial charge in [0.05, 0.1) is 11.6 Å². The summed E-state index contributed by atoms with van der Waals surface area (Å²) in [7, 11) is 6.73. The predicted octanol–water partition coefficient (Wildman–Crippen LogP) is 0.673. The summed E-state index contributed by atoms with van der Waals surface area (Å²) in [5.74, 6) is -6.70. The number of benzene rings is 1. The normalized spacial score (nSPS) is 28.0. The molecule has 35 heavy (non-hydrogen) atoms. The molecular weight excluding hydrogens is 454 g/mol. The van der Waals surface area contributed by atoms with Gasteiger partial charge in [0, 0.05) is 36.8 Å². The molecule has 0 saturated heterocycles. The van der Waals surface area contributed by atoms with Gasteiger partial charge in [-0.3, -0.25) is 19.3 Å². The number of phenolic OH excluding ortho intramolecular Hbond substituents is 1. The Kier molecular flexibility index (Phi) is 5.57. The minimum absolute atomic E-state index is 0.0439. The summed E-state index contributed by atoms with van der Waals surface area (Å²) in [6, 6.07) is 0.609. The van der Waals surface area contributed by atoms with Crippen molar-refractivity contribution >= 4 is 35.0 Å². The van der Waals surface area contributed by atoms with Crippen molar-refractivity contribution in [2.45, 2.75) is 24.5 Å². The monoisotopic (exact) mass is 483 g/mol. The number of nitrogens with two attached hydrogens (primary N) is 1. The molecule has 0 spiro atoms. The fraction of sp³-hybridized carbons (Fsp3) is 0.400. The van der Waals surface area contributed by atoms with E-state index in [4.69, 9.17) is 5.73 Å². The number of aliphatic hydroxyl groups excluding tert-OH is 2. The Morgan fingerprint density at radius 1 is 1.20 bits per heavy atom. The Labute approximate surface area is 202 Å². The van der Waals surface area contributed by atoms with Gasteiger partial charge in [-0.1, -0.05) is 12.7 Å². The van der Waals surface area contributed by atoms with Crippen LogP contribution in [0.3, 0.4) is 0 Å². The predicted molar refractivity (Wildman–Crippen MR) is 129 cm³/mol.